The SMILES string of the molecule is CCCCCc1ccc([C@@]2(O)CC(C(F)(F)F)=NN2C(=O)c2ccc(Cl)cc2)cc1. The van der Waals surface area contributed by atoms with Gasteiger partial charge in [0.25, 0.3) is 5.91 Å². The Balaban J connectivity index is 1.93. The van der Waals surface area contributed by atoms with Crippen molar-refractivity contribution in [3.63, 3.8) is 0 Å². The highest BCUT2D eigenvalue weighted by Gasteiger charge is 2.53. The summed E-state index contributed by atoms with van der Waals surface area (Å²) in [5.41, 5.74) is -2.18. The van der Waals surface area contributed by atoms with Gasteiger partial charge >= 0.3 is 6.18 Å². The molecular formula is C22H22ClF3N2O2. The number of aliphatic hydroxyl groups is 1. The van der Waals surface area contributed by atoms with E-state index in [1.807, 2.05) is 0 Å². The Kier molecular flexibility index (Phi) is 6.53. The van der Waals surface area contributed by atoms with E-state index in [1.165, 1.54) is 24.3 Å². The lowest BCUT2D eigenvalue weighted by atomic mass is 9.94. The molecule has 2 aromatic rings. The van der Waals surface area contributed by atoms with E-state index in [0.29, 0.717) is 10.0 Å². The molecule has 1 aliphatic heterocycles. The van der Waals surface area contributed by atoms with Crippen LogP contribution in [0.15, 0.2) is 53.6 Å². The molecule has 0 bridgehead atoms. The maximum Gasteiger partial charge on any atom is 0.431 e. The van der Waals surface area contributed by atoms with Gasteiger partial charge in [0.1, 0.15) is 5.71 Å². The highest BCUT2D eigenvalue weighted by atomic mass is 35.5. The van der Waals surface area contributed by atoms with E-state index in [9.17, 15) is 23.1 Å². The number of halogens is 4. The minimum Gasteiger partial charge on any atom is -0.365 e. The van der Waals surface area contributed by atoms with Crippen molar-refractivity contribution in [3.05, 3.63) is 70.2 Å². The van der Waals surface area contributed by atoms with Gasteiger partial charge < -0.3 is 5.11 Å². The molecule has 1 aliphatic rings. The van der Waals surface area contributed by atoms with E-state index in [-0.39, 0.29) is 11.1 Å². The van der Waals surface area contributed by atoms with Crippen LogP contribution in [-0.2, 0) is 12.1 Å². The molecule has 3 rings (SSSR count). The van der Waals surface area contributed by atoms with E-state index < -0.39 is 29.9 Å². The summed E-state index contributed by atoms with van der Waals surface area (Å²) in [6.45, 7) is 2.10. The van der Waals surface area contributed by atoms with Crippen molar-refractivity contribution in [2.45, 2.75) is 50.9 Å². The first kappa shape index (κ1) is 22.3. The fourth-order valence-corrected chi connectivity index (χ4v) is 3.50. The fourth-order valence-electron chi connectivity index (χ4n) is 3.37. The molecule has 30 heavy (non-hydrogen) atoms. The summed E-state index contributed by atoms with van der Waals surface area (Å²) in [5, 5.41) is 15.6. The summed E-state index contributed by atoms with van der Waals surface area (Å²) in [6, 6.07) is 12.3. The van der Waals surface area contributed by atoms with Gasteiger partial charge in [-0.1, -0.05) is 55.6 Å². The number of rotatable bonds is 6. The van der Waals surface area contributed by atoms with E-state index in [2.05, 4.69) is 12.0 Å². The molecule has 0 fully saturated rings. The van der Waals surface area contributed by atoms with Crippen molar-refractivity contribution < 1.29 is 23.1 Å². The zero-order chi connectivity index (χ0) is 21.9. The van der Waals surface area contributed by atoms with Crippen LogP contribution in [0.4, 0.5) is 13.2 Å². The van der Waals surface area contributed by atoms with Crippen LogP contribution in [0.5, 0.6) is 0 Å². The van der Waals surface area contributed by atoms with Crippen LogP contribution >= 0.6 is 11.6 Å². The predicted octanol–water partition coefficient (Wildman–Crippen LogP) is 5.68. The topological polar surface area (TPSA) is 52.9 Å². The number of hydrogen-bond acceptors (Lipinski definition) is 3. The average molecular weight is 439 g/mol. The zero-order valence-corrected chi connectivity index (χ0v) is 17.2. The number of aryl methyl sites for hydroxylation is 1. The standard InChI is InChI=1S/C22H22ClF3N2O2/c1-2-3-4-5-15-6-10-17(11-7-15)21(30)14-19(22(24,25)26)27-28(21)20(29)16-8-12-18(23)13-9-16/h6-13,30H,2-5,14H2,1H3/t21-/m0/s1. The second-order valence-electron chi connectivity index (χ2n) is 7.32. The number of carbonyl (C=O) groups excluding carboxylic acids is 1. The molecule has 1 heterocycles. The monoisotopic (exact) mass is 438 g/mol. The Labute approximate surface area is 178 Å². The number of hydrogen-bond donors (Lipinski definition) is 1. The normalized spacial score (nSPS) is 19.1. The number of alkyl halides is 3. The summed E-state index contributed by atoms with van der Waals surface area (Å²) in [4.78, 5) is 12.9. The highest BCUT2D eigenvalue weighted by molar-refractivity contribution is 6.30. The lowest BCUT2D eigenvalue weighted by Gasteiger charge is -2.31. The summed E-state index contributed by atoms with van der Waals surface area (Å²) in [6.07, 6.45) is -1.60. The summed E-state index contributed by atoms with van der Waals surface area (Å²) in [5.74, 6) is -0.847. The average Bonchev–Trinajstić information content (AvgIpc) is 3.08. The van der Waals surface area contributed by atoms with E-state index in [1.54, 1.807) is 24.3 Å². The molecule has 0 radical (unpaired) electrons. The second-order valence-corrected chi connectivity index (χ2v) is 7.75. The van der Waals surface area contributed by atoms with Crippen LogP contribution < -0.4 is 0 Å². The molecule has 0 aromatic heterocycles. The molecule has 4 nitrogen and oxygen atoms in total. The molecule has 2 aromatic carbocycles. The van der Waals surface area contributed by atoms with Crippen molar-refractivity contribution in [2.24, 2.45) is 5.10 Å². The van der Waals surface area contributed by atoms with Gasteiger partial charge in [-0.2, -0.15) is 23.3 Å². The first-order chi connectivity index (χ1) is 14.1. The highest BCUT2D eigenvalue weighted by Crippen LogP contribution is 2.40. The van der Waals surface area contributed by atoms with Gasteiger partial charge in [-0.3, -0.25) is 4.79 Å². The summed E-state index contributed by atoms with van der Waals surface area (Å²) < 4.78 is 40.1. The van der Waals surface area contributed by atoms with Crippen LogP contribution in [0.1, 0.15) is 54.1 Å². The molecule has 0 spiro atoms. The largest absolute Gasteiger partial charge is 0.431 e. The lowest BCUT2D eigenvalue weighted by molar-refractivity contribution is -0.0816. The Morgan fingerprint density at radius 3 is 2.33 bits per heavy atom. The van der Waals surface area contributed by atoms with Gasteiger partial charge in [0.05, 0.1) is 6.42 Å². The molecule has 0 saturated heterocycles. The summed E-state index contributed by atoms with van der Waals surface area (Å²) >= 11 is 5.82. The molecule has 8 heteroatoms. The number of unbranched alkanes of at least 4 members (excludes halogenated alkanes) is 2. The van der Waals surface area contributed by atoms with Crippen molar-refractivity contribution in [1.29, 1.82) is 0 Å². The van der Waals surface area contributed by atoms with Crippen LogP contribution in [0.3, 0.4) is 0 Å². The zero-order valence-electron chi connectivity index (χ0n) is 16.4. The Morgan fingerprint density at radius 2 is 1.77 bits per heavy atom. The summed E-state index contributed by atoms with van der Waals surface area (Å²) in [7, 11) is 0. The minimum absolute atomic E-state index is 0.0705. The maximum atomic E-state index is 13.4. The Bertz CT molecular complexity index is 927. The molecule has 1 amide bonds. The number of benzene rings is 2. The van der Waals surface area contributed by atoms with Crippen molar-refractivity contribution in [2.75, 3.05) is 0 Å². The Morgan fingerprint density at radius 1 is 1.13 bits per heavy atom. The van der Waals surface area contributed by atoms with Crippen LogP contribution in [0, 0.1) is 0 Å². The molecule has 160 valence electrons. The number of carbonyl (C=O) groups is 1. The quantitative estimate of drug-likeness (QED) is 0.590. The third-order valence-electron chi connectivity index (χ3n) is 5.08. The van der Waals surface area contributed by atoms with Gasteiger partial charge in [-0.05, 0) is 42.7 Å². The maximum absolute atomic E-state index is 13.4. The van der Waals surface area contributed by atoms with E-state index in [4.69, 9.17) is 11.6 Å². The van der Waals surface area contributed by atoms with Gasteiger partial charge in [0.15, 0.2) is 5.72 Å². The molecular weight excluding hydrogens is 417 g/mol. The minimum atomic E-state index is -4.76. The van der Waals surface area contributed by atoms with E-state index >= 15 is 0 Å². The predicted molar refractivity (Wildman–Crippen MR) is 109 cm³/mol. The van der Waals surface area contributed by atoms with Gasteiger partial charge in [0, 0.05) is 16.1 Å². The van der Waals surface area contributed by atoms with Gasteiger partial charge in [0.2, 0.25) is 0 Å². The number of nitrogens with zero attached hydrogens (tertiary/aromatic N) is 2. The Hall–Kier alpha value is -2.38. The van der Waals surface area contributed by atoms with Crippen LogP contribution in [0.2, 0.25) is 5.02 Å². The molecule has 1 atom stereocenters. The number of amides is 1. The van der Waals surface area contributed by atoms with Crippen LogP contribution in [-0.4, -0.2) is 27.9 Å². The van der Waals surface area contributed by atoms with Gasteiger partial charge in [-0.15, -0.1) is 0 Å². The molecule has 0 aliphatic carbocycles. The van der Waals surface area contributed by atoms with Crippen molar-refractivity contribution >= 4 is 23.2 Å². The smallest absolute Gasteiger partial charge is 0.365 e. The number of hydrazone groups is 1. The molecule has 1 N–H and O–H groups in total. The van der Waals surface area contributed by atoms with Crippen molar-refractivity contribution in [3.8, 4) is 0 Å². The van der Waals surface area contributed by atoms with Crippen LogP contribution in [0.25, 0.3) is 0 Å². The van der Waals surface area contributed by atoms with Crippen molar-refractivity contribution in [1.82, 2.24) is 5.01 Å². The third kappa shape index (κ3) is 4.68. The third-order valence-corrected chi connectivity index (χ3v) is 5.33. The second kappa shape index (κ2) is 8.78. The first-order valence-electron chi connectivity index (χ1n) is 9.71. The molecule has 0 unspecified atom stereocenters. The lowest BCUT2D eigenvalue weighted by Crippen LogP contribution is -2.43. The van der Waals surface area contributed by atoms with E-state index in [0.717, 1.165) is 31.2 Å². The van der Waals surface area contributed by atoms with Gasteiger partial charge in [-0.25, -0.2) is 0 Å². The first-order valence-corrected chi connectivity index (χ1v) is 10.1. The fraction of sp³-hybridized carbons (Fsp3) is 0.364. The molecule has 0 saturated carbocycles.